The molecule has 2 aromatic carbocycles. The number of hydrogen-bond acceptors (Lipinski definition) is 5. The van der Waals surface area contributed by atoms with Crippen molar-refractivity contribution in [3.8, 4) is 11.3 Å². The van der Waals surface area contributed by atoms with Crippen LogP contribution in [-0.4, -0.2) is 40.6 Å². The Hall–Kier alpha value is -3.80. The van der Waals surface area contributed by atoms with Gasteiger partial charge in [0.25, 0.3) is 5.91 Å². The predicted molar refractivity (Wildman–Crippen MR) is 129 cm³/mol. The molecule has 1 aliphatic heterocycles. The zero-order valence-corrected chi connectivity index (χ0v) is 20.2. The van der Waals surface area contributed by atoms with Crippen molar-refractivity contribution in [2.24, 2.45) is 0 Å². The van der Waals surface area contributed by atoms with Crippen LogP contribution in [0, 0.1) is 12.7 Å². The number of sulfone groups is 1. The van der Waals surface area contributed by atoms with E-state index >= 15 is 0 Å². The number of hydrogen-bond donors (Lipinski definition) is 1. The lowest BCUT2D eigenvalue weighted by Gasteiger charge is -2.13. The normalized spacial score (nSPS) is 17.3. The molecule has 1 saturated heterocycles. The summed E-state index contributed by atoms with van der Waals surface area (Å²) in [5.41, 5.74) is -0.225. The quantitative estimate of drug-likeness (QED) is 0.366. The molecule has 3 heterocycles. The molecule has 4 aromatic rings. The van der Waals surface area contributed by atoms with Crippen molar-refractivity contribution in [2.45, 2.75) is 25.6 Å². The number of pyridine rings is 1. The average Bonchev–Trinajstić information content (AvgIpc) is 3.37. The smallest absolute Gasteiger partial charge is 0.322 e. The number of anilines is 1. The second kappa shape index (κ2) is 8.94. The molecule has 12 heteroatoms. The molecule has 1 aliphatic rings. The first kappa shape index (κ1) is 24.9. The Labute approximate surface area is 209 Å². The zero-order chi connectivity index (χ0) is 26.5. The molecule has 0 aliphatic carbocycles. The van der Waals surface area contributed by atoms with Gasteiger partial charge in [0.1, 0.15) is 5.82 Å². The third-order valence-corrected chi connectivity index (χ3v) is 7.98. The maximum absolute atomic E-state index is 14.7. The van der Waals surface area contributed by atoms with Crippen molar-refractivity contribution >= 4 is 32.5 Å². The van der Waals surface area contributed by atoms with E-state index in [1.165, 1.54) is 41.1 Å². The van der Waals surface area contributed by atoms with Gasteiger partial charge < -0.3 is 5.32 Å². The van der Waals surface area contributed by atoms with Gasteiger partial charge in [0.15, 0.2) is 15.5 Å². The standard InChI is InChI=1S/C25H20F4N4O3S/c1-14-22-19(24(34)30-16-6-4-5-15(11-16)25(27,28)29)12-21(18-7-2-3-8-20(18)26)31-23(22)33(32-14)17-9-10-37(35,36)13-17/h2-8,11-12,17H,9-10,13H2,1H3,(H,30,34). The number of fused-ring (bicyclic) bond motifs is 1. The minimum Gasteiger partial charge on any atom is -0.322 e. The average molecular weight is 533 g/mol. The summed E-state index contributed by atoms with van der Waals surface area (Å²) in [5.74, 6) is -1.51. The van der Waals surface area contributed by atoms with Gasteiger partial charge in [-0.05, 0) is 49.7 Å². The van der Waals surface area contributed by atoms with E-state index < -0.39 is 39.3 Å². The van der Waals surface area contributed by atoms with Gasteiger partial charge in [0.2, 0.25) is 0 Å². The van der Waals surface area contributed by atoms with Crippen LogP contribution in [0.5, 0.6) is 0 Å². The van der Waals surface area contributed by atoms with Crippen molar-refractivity contribution in [2.75, 3.05) is 16.8 Å². The predicted octanol–water partition coefficient (Wildman–Crippen LogP) is 5.18. The lowest BCUT2D eigenvalue weighted by Crippen LogP contribution is -2.15. The highest BCUT2D eigenvalue weighted by molar-refractivity contribution is 7.91. The van der Waals surface area contributed by atoms with Crippen molar-refractivity contribution in [3.05, 3.63) is 77.2 Å². The molecule has 5 rings (SSSR count). The minimum atomic E-state index is -4.60. The number of halogens is 4. The highest BCUT2D eigenvalue weighted by Gasteiger charge is 2.33. The van der Waals surface area contributed by atoms with Crippen LogP contribution in [0.3, 0.4) is 0 Å². The lowest BCUT2D eigenvalue weighted by atomic mass is 10.0. The largest absolute Gasteiger partial charge is 0.416 e. The molecule has 1 amide bonds. The number of carbonyl (C=O) groups excluding carboxylic acids is 1. The Balaban J connectivity index is 1.66. The molecule has 7 nitrogen and oxygen atoms in total. The van der Waals surface area contributed by atoms with Crippen LogP contribution in [0.1, 0.15) is 34.1 Å². The lowest BCUT2D eigenvalue weighted by molar-refractivity contribution is -0.137. The number of amides is 1. The SMILES string of the molecule is Cc1nn(C2CCS(=O)(=O)C2)c2nc(-c3ccccc3F)cc(C(=O)Nc3cccc(C(F)(F)F)c3)c12. The monoisotopic (exact) mass is 532 g/mol. The molecule has 37 heavy (non-hydrogen) atoms. The molecule has 0 spiro atoms. The molecule has 192 valence electrons. The number of rotatable bonds is 4. The summed E-state index contributed by atoms with van der Waals surface area (Å²) in [6.07, 6.45) is -4.29. The van der Waals surface area contributed by atoms with Gasteiger partial charge in [-0.15, -0.1) is 0 Å². The van der Waals surface area contributed by atoms with Gasteiger partial charge in [-0.2, -0.15) is 18.3 Å². The first-order chi connectivity index (χ1) is 17.4. The first-order valence-corrected chi connectivity index (χ1v) is 13.1. The summed E-state index contributed by atoms with van der Waals surface area (Å²) >= 11 is 0. The fourth-order valence-corrected chi connectivity index (χ4v) is 6.19. The molecule has 1 atom stereocenters. The number of benzene rings is 2. The van der Waals surface area contributed by atoms with Crippen LogP contribution in [-0.2, 0) is 16.0 Å². The summed E-state index contributed by atoms with van der Waals surface area (Å²) < 4.78 is 79.8. The first-order valence-electron chi connectivity index (χ1n) is 11.3. The number of aryl methyl sites for hydroxylation is 1. The van der Waals surface area contributed by atoms with Crippen molar-refractivity contribution in [3.63, 3.8) is 0 Å². The van der Waals surface area contributed by atoms with Crippen LogP contribution < -0.4 is 5.32 Å². The Morgan fingerprint density at radius 1 is 1.11 bits per heavy atom. The van der Waals surface area contributed by atoms with E-state index in [4.69, 9.17) is 0 Å². The summed E-state index contributed by atoms with van der Waals surface area (Å²) in [6.45, 7) is 1.62. The van der Waals surface area contributed by atoms with Crippen LogP contribution in [0.25, 0.3) is 22.3 Å². The summed E-state index contributed by atoms with van der Waals surface area (Å²) in [4.78, 5) is 17.9. The van der Waals surface area contributed by atoms with E-state index in [0.29, 0.717) is 17.5 Å². The van der Waals surface area contributed by atoms with Gasteiger partial charge in [0.05, 0.1) is 45.4 Å². The highest BCUT2D eigenvalue weighted by Crippen LogP contribution is 2.34. The minimum absolute atomic E-state index is 0.0188. The Morgan fingerprint density at radius 2 is 1.86 bits per heavy atom. The Morgan fingerprint density at radius 3 is 2.54 bits per heavy atom. The fourth-order valence-electron chi connectivity index (χ4n) is 4.49. The maximum atomic E-state index is 14.7. The van der Waals surface area contributed by atoms with Crippen LogP contribution in [0.2, 0.25) is 0 Å². The summed E-state index contributed by atoms with van der Waals surface area (Å²) in [5, 5.41) is 7.24. The molecule has 1 unspecified atom stereocenters. The number of nitrogens with one attached hydrogen (secondary N) is 1. The Bertz CT molecular complexity index is 1650. The third kappa shape index (κ3) is 4.80. The van der Waals surface area contributed by atoms with Crippen molar-refractivity contribution < 1.29 is 30.8 Å². The number of alkyl halides is 3. The molecular formula is C25H20F4N4O3S. The Kier molecular flexibility index (Phi) is 6.01. The fraction of sp³-hybridized carbons (Fsp3) is 0.240. The molecule has 0 radical (unpaired) electrons. The van der Waals surface area contributed by atoms with E-state index in [2.05, 4.69) is 15.4 Å². The molecule has 0 saturated carbocycles. The van der Waals surface area contributed by atoms with Crippen molar-refractivity contribution in [1.82, 2.24) is 14.8 Å². The van der Waals surface area contributed by atoms with E-state index in [0.717, 1.165) is 12.1 Å². The van der Waals surface area contributed by atoms with E-state index in [9.17, 15) is 30.8 Å². The summed E-state index contributed by atoms with van der Waals surface area (Å²) in [7, 11) is -3.28. The van der Waals surface area contributed by atoms with Gasteiger partial charge in [0, 0.05) is 11.3 Å². The molecule has 1 N–H and O–H groups in total. The van der Waals surface area contributed by atoms with Crippen LogP contribution in [0.4, 0.5) is 23.2 Å². The molecular weight excluding hydrogens is 512 g/mol. The molecule has 0 bridgehead atoms. The third-order valence-electron chi connectivity index (χ3n) is 6.23. The topological polar surface area (TPSA) is 93.9 Å². The van der Waals surface area contributed by atoms with Crippen molar-refractivity contribution in [1.29, 1.82) is 0 Å². The highest BCUT2D eigenvalue weighted by atomic mass is 32.2. The number of carbonyl (C=O) groups is 1. The van der Waals surface area contributed by atoms with Gasteiger partial charge in [-0.1, -0.05) is 18.2 Å². The molecule has 2 aromatic heterocycles. The van der Waals surface area contributed by atoms with Crippen LogP contribution >= 0.6 is 0 Å². The van der Waals surface area contributed by atoms with Crippen LogP contribution in [0.15, 0.2) is 54.6 Å². The zero-order valence-electron chi connectivity index (χ0n) is 19.4. The van der Waals surface area contributed by atoms with Gasteiger partial charge in [-0.25, -0.2) is 22.5 Å². The van der Waals surface area contributed by atoms with E-state index in [1.807, 2.05) is 0 Å². The second-order valence-electron chi connectivity index (χ2n) is 8.85. The number of aromatic nitrogens is 3. The van der Waals surface area contributed by atoms with E-state index in [1.54, 1.807) is 13.0 Å². The number of nitrogens with zero attached hydrogens (tertiary/aromatic N) is 3. The van der Waals surface area contributed by atoms with E-state index in [-0.39, 0.29) is 39.7 Å². The van der Waals surface area contributed by atoms with Gasteiger partial charge in [-0.3, -0.25) is 4.79 Å². The molecule has 1 fully saturated rings. The summed E-state index contributed by atoms with van der Waals surface area (Å²) in [6, 6.07) is 10.8. The second-order valence-corrected chi connectivity index (χ2v) is 11.1. The maximum Gasteiger partial charge on any atom is 0.416 e. The van der Waals surface area contributed by atoms with Gasteiger partial charge >= 0.3 is 6.18 Å².